The lowest BCUT2D eigenvalue weighted by Gasteiger charge is -2.05. The van der Waals surface area contributed by atoms with Crippen LogP contribution < -0.4 is 10.6 Å². The minimum absolute atomic E-state index is 0. The van der Waals surface area contributed by atoms with E-state index >= 15 is 0 Å². The van der Waals surface area contributed by atoms with Crippen molar-refractivity contribution in [2.45, 2.75) is 19.9 Å². The van der Waals surface area contributed by atoms with Gasteiger partial charge in [0.25, 0.3) is 5.91 Å². The van der Waals surface area contributed by atoms with Crippen LogP contribution in [0.15, 0.2) is 24.4 Å². The number of nitrogens with one attached hydrogen (secondary N) is 3. The number of rotatable bonds is 2. The third kappa shape index (κ3) is 2.29. The lowest BCUT2D eigenvalue weighted by Crippen LogP contribution is -2.30. The highest BCUT2D eigenvalue weighted by atomic mass is 35.5. The zero-order valence-electron chi connectivity index (χ0n) is 9.29. The minimum atomic E-state index is -0.518. The van der Waals surface area contributed by atoms with E-state index in [1.807, 2.05) is 18.3 Å². The predicted octanol–water partition coefficient (Wildman–Crippen LogP) is 2.21. The summed E-state index contributed by atoms with van der Waals surface area (Å²) in [5.41, 5.74) is 1.80. The fourth-order valence-corrected chi connectivity index (χ4v) is 2.40. The smallest absolute Gasteiger partial charge is 0.322 e. The van der Waals surface area contributed by atoms with Gasteiger partial charge in [0.2, 0.25) is 0 Å². The van der Waals surface area contributed by atoms with Gasteiger partial charge in [0, 0.05) is 18.0 Å². The SMILES string of the molecule is C.O=C1NC(=O)[C@@H](Cc2c[nH]c3c(Cl)cccc23)N1. The Balaban J connectivity index is 0.00000133. The van der Waals surface area contributed by atoms with Crippen LogP contribution in [0.4, 0.5) is 4.79 Å². The molecule has 6 heteroatoms. The Kier molecular flexibility index (Phi) is 3.48. The Morgan fingerprint density at radius 2 is 2.05 bits per heavy atom. The molecule has 1 saturated heterocycles. The van der Waals surface area contributed by atoms with Crippen molar-refractivity contribution in [1.29, 1.82) is 0 Å². The quantitative estimate of drug-likeness (QED) is 0.737. The number of fused-ring (bicyclic) bond motifs is 1. The van der Waals surface area contributed by atoms with Crippen LogP contribution in [0.1, 0.15) is 13.0 Å². The Morgan fingerprint density at radius 3 is 2.74 bits per heavy atom. The summed E-state index contributed by atoms with van der Waals surface area (Å²) in [6.07, 6.45) is 2.26. The third-order valence-electron chi connectivity index (χ3n) is 3.03. The molecule has 0 bridgehead atoms. The number of imide groups is 1. The molecule has 2 heterocycles. The molecule has 1 aliphatic rings. The summed E-state index contributed by atoms with van der Waals surface area (Å²) in [7, 11) is 0. The van der Waals surface area contributed by atoms with E-state index in [0.717, 1.165) is 16.5 Å². The van der Waals surface area contributed by atoms with Crippen LogP contribution in [-0.2, 0) is 11.2 Å². The van der Waals surface area contributed by atoms with Crippen LogP contribution in [0.5, 0.6) is 0 Å². The lowest BCUT2D eigenvalue weighted by atomic mass is 10.1. The molecule has 0 spiro atoms. The average molecular weight is 280 g/mol. The van der Waals surface area contributed by atoms with Crippen molar-refractivity contribution in [3.8, 4) is 0 Å². The first-order valence-corrected chi connectivity index (χ1v) is 5.89. The molecule has 100 valence electrons. The van der Waals surface area contributed by atoms with Crippen molar-refractivity contribution in [3.63, 3.8) is 0 Å². The molecule has 3 N–H and O–H groups in total. The predicted molar refractivity (Wildman–Crippen MR) is 74.2 cm³/mol. The number of H-pyrrole nitrogens is 1. The highest BCUT2D eigenvalue weighted by molar-refractivity contribution is 6.35. The monoisotopic (exact) mass is 279 g/mol. The Labute approximate surface area is 115 Å². The normalized spacial score (nSPS) is 18.1. The highest BCUT2D eigenvalue weighted by Crippen LogP contribution is 2.26. The van der Waals surface area contributed by atoms with Crippen LogP contribution in [0.25, 0.3) is 10.9 Å². The number of hydrogen-bond acceptors (Lipinski definition) is 2. The number of amides is 3. The maximum absolute atomic E-state index is 11.5. The van der Waals surface area contributed by atoms with Crippen LogP contribution >= 0.6 is 11.6 Å². The van der Waals surface area contributed by atoms with Crippen LogP contribution in [-0.4, -0.2) is 23.0 Å². The summed E-state index contributed by atoms with van der Waals surface area (Å²) >= 11 is 6.06. The van der Waals surface area contributed by atoms with Crippen molar-refractivity contribution >= 4 is 34.4 Å². The Hall–Kier alpha value is -2.01. The average Bonchev–Trinajstić information content (AvgIpc) is 2.86. The van der Waals surface area contributed by atoms with E-state index in [9.17, 15) is 9.59 Å². The first-order valence-electron chi connectivity index (χ1n) is 5.51. The van der Waals surface area contributed by atoms with Gasteiger partial charge in [-0.05, 0) is 11.6 Å². The second kappa shape index (κ2) is 4.93. The fourth-order valence-electron chi connectivity index (χ4n) is 2.17. The van der Waals surface area contributed by atoms with E-state index in [1.54, 1.807) is 6.07 Å². The van der Waals surface area contributed by atoms with Crippen molar-refractivity contribution < 1.29 is 9.59 Å². The summed E-state index contributed by atoms with van der Waals surface area (Å²) in [5.74, 6) is -0.295. The van der Waals surface area contributed by atoms with Crippen LogP contribution in [0.3, 0.4) is 0 Å². The van der Waals surface area contributed by atoms with Crippen molar-refractivity contribution in [3.05, 3.63) is 35.0 Å². The van der Waals surface area contributed by atoms with Gasteiger partial charge in [-0.15, -0.1) is 0 Å². The van der Waals surface area contributed by atoms with Gasteiger partial charge in [-0.3, -0.25) is 10.1 Å². The molecule has 0 aliphatic carbocycles. The van der Waals surface area contributed by atoms with E-state index in [1.165, 1.54) is 0 Å². The van der Waals surface area contributed by atoms with Crippen molar-refractivity contribution in [2.75, 3.05) is 0 Å². The van der Waals surface area contributed by atoms with Gasteiger partial charge in [0.1, 0.15) is 6.04 Å². The molecule has 5 nitrogen and oxygen atoms in total. The second-order valence-corrected chi connectivity index (χ2v) is 4.60. The molecule has 0 radical (unpaired) electrons. The van der Waals surface area contributed by atoms with E-state index in [-0.39, 0.29) is 13.3 Å². The van der Waals surface area contributed by atoms with Gasteiger partial charge in [-0.1, -0.05) is 31.2 Å². The fraction of sp³-hybridized carbons (Fsp3) is 0.231. The number of benzene rings is 1. The van der Waals surface area contributed by atoms with Gasteiger partial charge in [0.05, 0.1) is 10.5 Å². The number of aromatic amines is 1. The van der Waals surface area contributed by atoms with Crippen LogP contribution in [0.2, 0.25) is 5.02 Å². The molecular formula is C13H14ClN3O2. The lowest BCUT2D eigenvalue weighted by molar-refractivity contribution is -0.120. The van der Waals surface area contributed by atoms with Crippen molar-refractivity contribution in [2.24, 2.45) is 0 Å². The molecule has 3 rings (SSSR count). The highest BCUT2D eigenvalue weighted by Gasteiger charge is 2.30. The van der Waals surface area contributed by atoms with E-state index in [2.05, 4.69) is 15.6 Å². The molecule has 0 unspecified atom stereocenters. The molecule has 19 heavy (non-hydrogen) atoms. The second-order valence-electron chi connectivity index (χ2n) is 4.20. The summed E-state index contributed by atoms with van der Waals surface area (Å²) < 4.78 is 0. The third-order valence-corrected chi connectivity index (χ3v) is 3.35. The summed E-state index contributed by atoms with van der Waals surface area (Å²) in [6.45, 7) is 0. The molecule has 1 fully saturated rings. The van der Waals surface area contributed by atoms with Gasteiger partial charge >= 0.3 is 6.03 Å². The molecule has 3 amide bonds. The minimum Gasteiger partial charge on any atom is -0.360 e. The topological polar surface area (TPSA) is 74.0 Å². The number of urea groups is 1. The molecule has 2 aromatic rings. The maximum atomic E-state index is 11.5. The summed E-state index contributed by atoms with van der Waals surface area (Å²) in [6, 6.07) is 4.63. The molecule has 1 aromatic heterocycles. The standard InChI is InChI=1S/C12H10ClN3O2.CH4/c13-8-3-1-2-7-6(5-14-10(7)8)4-9-11(17)16-12(18)15-9;/h1-3,5,9,14H,4H2,(H2,15,16,17,18);1H4/t9-;/m1./s1. The molecular weight excluding hydrogens is 266 g/mol. The summed E-state index contributed by atoms with van der Waals surface area (Å²) in [5, 5.41) is 6.39. The Bertz CT molecular complexity index is 650. The zero-order chi connectivity index (χ0) is 12.7. The van der Waals surface area contributed by atoms with Gasteiger partial charge in [-0.25, -0.2) is 4.79 Å². The number of para-hydroxylation sites is 1. The number of halogens is 1. The molecule has 0 saturated carbocycles. The number of aromatic nitrogens is 1. The maximum Gasteiger partial charge on any atom is 0.322 e. The molecule has 1 atom stereocenters. The largest absolute Gasteiger partial charge is 0.360 e. The van der Waals surface area contributed by atoms with Gasteiger partial charge < -0.3 is 10.3 Å². The molecule has 1 aromatic carbocycles. The summed E-state index contributed by atoms with van der Waals surface area (Å²) in [4.78, 5) is 25.6. The van der Waals surface area contributed by atoms with Gasteiger partial charge in [0.15, 0.2) is 0 Å². The number of carbonyl (C=O) groups excluding carboxylic acids is 2. The first kappa shape index (κ1) is 13.4. The van der Waals surface area contributed by atoms with E-state index in [0.29, 0.717) is 11.4 Å². The van der Waals surface area contributed by atoms with Gasteiger partial charge in [-0.2, -0.15) is 0 Å². The van der Waals surface area contributed by atoms with Crippen molar-refractivity contribution in [1.82, 2.24) is 15.6 Å². The van der Waals surface area contributed by atoms with E-state index in [4.69, 9.17) is 11.6 Å². The molecule has 1 aliphatic heterocycles. The Morgan fingerprint density at radius 1 is 1.26 bits per heavy atom. The first-order chi connectivity index (χ1) is 8.65. The zero-order valence-corrected chi connectivity index (χ0v) is 10.0. The van der Waals surface area contributed by atoms with E-state index < -0.39 is 12.1 Å². The van der Waals surface area contributed by atoms with Crippen LogP contribution in [0, 0.1) is 0 Å². The number of hydrogen-bond donors (Lipinski definition) is 3. The number of carbonyl (C=O) groups is 2.